The Morgan fingerprint density at radius 1 is 1.29 bits per heavy atom. The van der Waals surface area contributed by atoms with Gasteiger partial charge in [-0.2, -0.15) is 0 Å². The summed E-state index contributed by atoms with van der Waals surface area (Å²) in [5, 5.41) is 0.0369. The minimum absolute atomic E-state index is 0.0369. The Morgan fingerprint density at radius 3 is 2.42 bits per heavy atom. The van der Waals surface area contributed by atoms with Gasteiger partial charge in [-0.1, -0.05) is 30.4 Å². The largest absolute Gasteiger partial charge is 0.476 e. The van der Waals surface area contributed by atoms with Crippen molar-refractivity contribution in [2.45, 2.75) is 38.7 Å². The van der Waals surface area contributed by atoms with Gasteiger partial charge < -0.3 is 4.74 Å². The Kier molecular flexibility index (Phi) is 4.51. The minimum atomic E-state index is -0.735. The van der Waals surface area contributed by atoms with E-state index in [4.69, 9.17) is 22.8 Å². The summed E-state index contributed by atoms with van der Waals surface area (Å²) in [5.41, 5.74) is -0.122. The van der Waals surface area contributed by atoms with Gasteiger partial charge in [-0.15, -0.1) is 6.42 Å². The molecule has 3 atom stereocenters. The fraction of sp³-hybridized carbons (Fsp3) is 0.444. The van der Waals surface area contributed by atoms with Crippen LogP contribution in [-0.4, -0.2) is 17.9 Å². The third kappa shape index (κ3) is 2.76. The summed E-state index contributed by atoms with van der Waals surface area (Å²) in [7, 11) is 0. The summed E-state index contributed by atoms with van der Waals surface area (Å²) in [6.45, 7) is 1.64. The van der Waals surface area contributed by atoms with Crippen molar-refractivity contribution in [2.24, 2.45) is 11.8 Å². The summed E-state index contributed by atoms with van der Waals surface area (Å²) in [6, 6.07) is 2.32. The maximum absolute atomic E-state index is 14.4. The van der Waals surface area contributed by atoms with E-state index in [-0.39, 0.29) is 40.1 Å². The molecule has 1 aromatic carbocycles. The van der Waals surface area contributed by atoms with E-state index in [1.807, 2.05) is 0 Å². The van der Waals surface area contributed by atoms with Crippen molar-refractivity contribution in [3.8, 4) is 18.1 Å². The first-order chi connectivity index (χ1) is 11.4. The highest BCUT2D eigenvalue weighted by Crippen LogP contribution is 2.42. The van der Waals surface area contributed by atoms with Gasteiger partial charge in [-0.3, -0.25) is 9.59 Å². The standard InChI is InChI=1S/C18H17ClFNO3/c1-3-10(2)24-16-9-15(14(20)8-13(16)19)21-17(22)11-6-4-5-7-12(11)18(21)23/h1,8-12H,4-7H2,2H3. The van der Waals surface area contributed by atoms with E-state index in [0.29, 0.717) is 12.8 Å². The number of halogens is 2. The molecule has 126 valence electrons. The number of rotatable bonds is 3. The Labute approximate surface area is 144 Å². The van der Waals surface area contributed by atoms with Crippen LogP contribution in [0.1, 0.15) is 32.6 Å². The molecule has 2 amide bonds. The number of imide groups is 1. The zero-order valence-electron chi connectivity index (χ0n) is 13.2. The second-order valence-corrected chi connectivity index (χ2v) is 6.58. The highest BCUT2D eigenvalue weighted by Gasteiger charge is 2.49. The SMILES string of the molecule is C#CC(C)Oc1cc(N2C(=O)C3CCCCC3C2=O)c(F)cc1Cl. The summed E-state index contributed by atoms with van der Waals surface area (Å²) in [4.78, 5) is 26.2. The number of carbonyl (C=O) groups is 2. The molecule has 0 radical (unpaired) electrons. The normalized spacial score (nSPS) is 24.5. The minimum Gasteiger partial charge on any atom is -0.476 e. The molecule has 1 heterocycles. The molecule has 0 bridgehead atoms. The highest BCUT2D eigenvalue weighted by atomic mass is 35.5. The van der Waals surface area contributed by atoms with Gasteiger partial charge in [0, 0.05) is 6.07 Å². The molecule has 6 heteroatoms. The Morgan fingerprint density at radius 2 is 1.88 bits per heavy atom. The molecule has 0 spiro atoms. The van der Waals surface area contributed by atoms with Crippen molar-refractivity contribution in [3.63, 3.8) is 0 Å². The summed E-state index contributed by atoms with van der Waals surface area (Å²) < 4.78 is 19.9. The second-order valence-electron chi connectivity index (χ2n) is 6.17. The van der Waals surface area contributed by atoms with Crippen molar-refractivity contribution in [3.05, 3.63) is 23.0 Å². The lowest BCUT2D eigenvalue weighted by molar-refractivity contribution is -0.122. The maximum Gasteiger partial charge on any atom is 0.237 e. The van der Waals surface area contributed by atoms with E-state index < -0.39 is 11.9 Å². The smallest absolute Gasteiger partial charge is 0.237 e. The summed E-state index contributed by atoms with van der Waals surface area (Å²) in [5.74, 6) is 0.398. The fourth-order valence-corrected chi connectivity index (χ4v) is 3.60. The van der Waals surface area contributed by atoms with Gasteiger partial charge in [0.15, 0.2) is 6.10 Å². The van der Waals surface area contributed by atoms with Gasteiger partial charge in [0.2, 0.25) is 11.8 Å². The Bertz CT molecular complexity index is 719. The number of hydrogen-bond acceptors (Lipinski definition) is 3. The second kappa shape index (κ2) is 6.45. The van der Waals surface area contributed by atoms with Crippen LogP contribution in [0.5, 0.6) is 5.75 Å². The van der Waals surface area contributed by atoms with Crippen molar-refractivity contribution < 1.29 is 18.7 Å². The van der Waals surface area contributed by atoms with Crippen LogP contribution in [-0.2, 0) is 9.59 Å². The van der Waals surface area contributed by atoms with E-state index >= 15 is 0 Å². The van der Waals surface area contributed by atoms with Gasteiger partial charge in [0.25, 0.3) is 0 Å². The lowest BCUT2D eigenvalue weighted by atomic mass is 9.81. The van der Waals surface area contributed by atoms with Crippen LogP contribution in [0.15, 0.2) is 12.1 Å². The Balaban J connectivity index is 1.99. The number of hydrogen-bond donors (Lipinski definition) is 0. The monoisotopic (exact) mass is 349 g/mol. The number of anilines is 1. The number of fused-ring (bicyclic) bond motifs is 1. The number of nitrogens with zero attached hydrogens (tertiary/aromatic N) is 1. The number of benzene rings is 1. The predicted molar refractivity (Wildman–Crippen MR) is 88.3 cm³/mol. The molecule has 1 aliphatic carbocycles. The van der Waals surface area contributed by atoms with E-state index in [0.717, 1.165) is 23.8 Å². The van der Waals surface area contributed by atoms with E-state index in [1.54, 1.807) is 6.92 Å². The molecule has 1 saturated heterocycles. The van der Waals surface area contributed by atoms with Gasteiger partial charge >= 0.3 is 0 Å². The van der Waals surface area contributed by atoms with Gasteiger partial charge in [-0.05, 0) is 25.8 Å². The molecule has 1 saturated carbocycles. The first-order valence-electron chi connectivity index (χ1n) is 7.93. The zero-order valence-corrected chi connectivity index (χ0v) is 14.0. The number of carbonyl (C=O) groups excluding carboxylic acids is 2. The topological polar surface area (TPSA) is 46.6 Å². The molecule has 0 aromatic heterocycles. The maximum atomic E-state index is 14.4. The zero-order chi connectivity index (χ0) is 17.4. The summed E-state index contributed by atoms with van der Waals surface area (Å²) in [6.07, 6.45) is 7.84. The van der Waals surface area contributed by atoms with Crippen LogP contribution in [0.3, 0.4) is 0 Å². The van der Waals surface area contributed by atoms with Crippen molar-refractivity contribution in [2.75, 3.05) is 4.90 Å². The van der Waals surface area contributed by atoms with Crippen LogP contribution in [0.4, 0.5) is 10.1 Å². The molecule has 1 aliphatic heterocycles. The number of terminal acetylenes is 1. The van der Waals surface area contributed by atoms with E-state index in [9.17, 15) is 14.0 Å². The molecular formula is C18H17ClFNO3. The summed E-state index contributed by atoms with van der Waals surface area (Å²) >= 11 is 5.98. The molecule has 1 aromatic rings. The van der Waals surface area contributed by atoms with Crippen LogP contribution in [0.2, 0.25) is 5.02 Å². The van der Waals surface area contributed by atoms with Crippen molar-refractivity contribution in [1.82, 2.24) is 0 Å². The first kappa shape index (κ1) is 16.8. The molecule has 3 unspecified atom stereocenters. The molecule has 2 fully saturated rings. The Hall–Kier alpha value is -2.06. The van der Waals surface area contributed by atoms with Crippen LogP contribution in [0, 0.1) is 30.0 Å². The van der Waals surface area contributed by atoms with E-state index in [1.165, 1.54) is 6.07 Å². The van der Waals surface area contributed by atoms with Crippen molar-refractivity contribution >= 4 is 29.1 Å². The average molecular weight is 350 g/mol. The predicted octanol–water partition coefficient (Wildman–Crippen LogP) is 3.56. The van der Waals surface area contributed by atoms with Crippen LogP contribution < -0.4 is 9.64 Å². The van der Waals surface area contributed by atoms with Gasteiger partial charge in [-0.25, -0.2) is 9.29 Å². The molecule has 2 aliphatic rings. The first-order valence-corrected chi connectivity index (χ1v) is 8.31. The van der Waals surface area contributed by atoms with Crippen LogP contribution >= 0.6 is 11.6 Å². The highest BCUT2D eigenvalue weighted by molar-refractivity contribution is 6.32. The molecular weight excluding hydrogens is 333 g/mol. The quantitative estimate of drug-likeness (QED) is 0.619. The third-order valence-electron chi connectivity index (χ3n) is 4.62. The molecule has 24 heavy (non-hydrogen) atoms. The number of amides is 2. The third-order valence-corrected chi connectivity index (χ3v) is 4.92. The molecule has 4 nitrogen and oxygen atoms in total. The molecule has 0 N–H and O–H groups in total. The van der Waals surface area contributed by atoms with Crippen LogP contribution in [0.25, 0.3) is 0 Å². The molecule has 3 rings (SSSR count). The fourth-order valence-electron chi connectivity index (χ4n) is 3.40. The van der Waals surface area contributed by atoms with E-state index in [2.05, 4.69) is 5.92 Å². The van der Waals surface area contributed by atoms with Gasteiger partial charge in [0.05, 0.1) is 22.5 Å². The van der Waals surface area contributed by atoms with Crippen molar-refractivity contribution in [1.29, 1.82) is 0 Å². The van der Waals surface area contributed by atoms with Gasteiger partial charge in [0.1, 0.15) is 11.6 Å². The lowest BCUT2D eigenvalue weighted by Gasteiger charge is -2.19. The average Bonchev–Trinajstić information content (AvgIpc) is 2.82. The number of ether oxygens (including phenoxy) is 1. The lowest BCUT2D eigenvalue weighted by Crippen LogP contribution is -2.31.